The molecule has 4 N–H and O–H groups in total. The molecule has 4 aromatic carbocycles. The third kappa shape index (κ3) is 12.9. The second-order valence-electron chi connectivity index (χ2n) is 13.7. The number of azo groups is 2. The largest absolute Gasteiger partial charge is 0.497 e. The Hall–Kier alpha value is -6.49. The van der Waals surface area contributed by atoms with Crippen LogP contribution in [0.4, 0.5) is 56.3 Å². The lowest BCUT2D eigenvalue weighted by atomic mass is 10.2. The van der Waals surface area contributed by atoms with Crippen LogP contribution in [0.1, 0.15) is 27.7 Å². The number of nitrogens with one attached hydrogen (secondary N) is 2. The fourth-order valence-electron chi connectivity index (χ4n) is 6.55. The molecule has 0 saturated carbocycles. The summed E-state index contributed by atoms with van der Waals surface area (Å²) in [7, 11) is -4.83. The highest BCUT2D eigenvalue weighted by Gasteiger charge is 2.24. The molecule has 7 aromatic rings. The number of thioether (sulfide) groups is 1. The molecule has 22 nitrogen and oxygen atoms in total. The van der Waals surface area contributed by atoms with E-state index in [1.807, 2.05) is 48.5 Å². The van der Waals surface area contributed by atoms with Crippen molar-refractivity contribution >= 4 is 132 Å². The van der Waals surface area contributed by atoms with Gasteiger partial charge in [0, 0.05) is 43.3 Å². The van der Waals surface area contributed by atoms with Crippen molar-refractivity contribution in [3.05, 3.63) is 66.7 Å². The van der Waals surface area contributed by atoms with E-state index in [9.17, 15) is 18.1 Å². The maximum absolute atomic E-state index is 12.3. The average Bonchev–Trinajstić information content (AvgIpc) is 3.93. The highest BCUT2D eigenvalue weighted by molar-refractivity contribution is 7.99. The van der Waals surface area contributed by atoms with E-state index in [4.69, 9.17) is 32.1 Å². The molecule has 358 valence electrons. The van der Waals surface area contributed by atoms with E-state index in [1.54, 1.807) is 19.2 Å². The van der Waals surface area contributed by atoms with Crippen molar-refractivity contribution in [2.24, 2.45) is 20.5 Å². The summed E-state index contributed by atoms with van der Waals surface area (Å²) in [5.41, 5.74) is 4.91. The summed E-state index contributed by atoms with van der Waals surface area (Å²) in [6.07, 6.45) is 0. The first kappa shape index (κ1) is 50.9. The molecule has 0 aliphatic rings. The van der Waals surface area contributed by atoms with Crippen LogP contribution >= 0.6 is 34.4 Å². The van der Waals surface area contributed by atoms with Gasteiger partial charge in [-0.2, -0.15) is 23.4 Å². The predicted octanol–water partition coefficient (Wildman–Crippen LogP) is 9.45. The fraction of sp³-hybridized carbons (Fsp3) is 0.293. The van der Waals surface area contributed by atoms with Gasteiger partial charge in [0.1, 0.15) is 22.9 Å². The summed E-state index contributed by atoms with van der Waals surface area (Å²) in [6.45, 7) is 11.2. The van der Waals surface area contributed by atoms with Gasteiger partial charge in [0.25, 0.3) is 10.1 Å². The van der Waals surface area contributed by atoms with Crippen LogP contribution in [0.3, 0.4) is 0 Å². The second kappa shape index (κ2) is 23.5. The first-order valence-electron chi connectivity index (χ1n) is 20.5. The molecular formula is C41H45N13O9S5. The Bertz CT molecular complexity index is 3180. The number of aliphatic hydroxyl groups excluding tert-OH is 1. The molecule has 0 aliphatic carbocycles. The monoisotopic (exact) mass is 1020 g/mol. The Morgan fingerprint density at radius 2 is 1.22 bits per heavy atom. The van der Waals surface area contributed by atoms with Crippen LogP contribution in [0, 0.1) is 0 Å². The summed E-state index contributed by atoms with van der Waals surface area (Å²) < 4.78 is 71.7. The molecule has 3 aromatic heterocycles. The van der Waals surface area contributed by atoms with Crippen molar-refractivity contribution < 1.29 is 40.2 Å². The van der Waals surface area contributed by atoms with Crippen molar-refractivity contribution in [2.75, 3.05) is 73.2 Å². The minimum Gasteiger partial charge on any atom is -0.497 e. The summed E-state index contributed by atoms with van der Waals surface area (Å²) in [5, 5.41) is 35.4. The van der Waals surface area contributed by atoms with E-state index >= 15 is 0 Å². The minimum absolute atomic E-state index is 0.0216. The molecule has 68 heavy (non-hydrogen) atoms. The second-order valence-corrected chi connectivity index (χ2v) is 18.5. The number of benzene rings is 4. The molecule has 0 aliphatic heterocycles. The number of ether oxygens (including phenoxy) is 2. The van der Waals surface area contributed by atoms with Gasteiger partial charge in [-0.25, -0.2) is 9.97 Å². The van der Waals surface area contributed by atoms with Gasteiger partial charge in [-0.05, 0) is 94.4 Å². The van der Waals surface area contributed by atoms with E-state index in [-0.39, 0.29) is 34.1 Å². The smallest absolute Gasteiger partial charge is 0.425 e. The zero-order chi connectivity index (χ0) is 49.0. The Balaban J connectivity index is 0.00000183. The van der Waals surface area contributed by atoms with E-state index < -0.39 is 25.6 Å². The number of anilines is 6. The first-order valence-corrected chi connectivity index (χ1v) is 25.6. The maximum atomic E-state index is 12.3. The van der Waals surface area contributed by atoms with Crippen LogP contribution in [0.25, 0.3) is 20.4 Å². The lowest BCUT2D eigenvalue weighted by Gasteiger charge is -2.22. The molecule has 3 heterocycles. The van der Waals surface area contributed by atoms with Gasteiger partial charge in [0.15, 0.2) is 10.1 Å². The Morgan fingerprint density at radius 1 is 0.691 bits per heavy atom. The Morgan fingerprint density at radius 3 is 1.72 bits per heavy atom. The van der Waals surface area contributed by atoms with Crippen molar-refractivity contribution in [3.63, 3.8) is 0 Å². The van der Waals surface area contributed by atoms with Crippen molar-refractivity contribution in [2.45, 2.75) is 37.7 Å². The van der Waals surface area contributed by atoms with E-state index in [0.29, 0.717) is 44.3 Å². The van der Waals surface area contributed by atoms with E-state index in [1.165, 1.54) is 36.3 Å². The molecule has 7 rings (SSSR count). The molecule has 0 radical (unpaired) electrons. The lowest BCUT2D eigenvalue weighted by molar-refractivity contribution is 0.322. The third-order valence-electron chi connectivity index (χ3n) is 9.66. The van der Waals surface area contributed by atoms with E-state index in [2.05, 4.69) is 83.5 Å². The predicted molar refractivity (Wildman–Crippen MR) is 264 cm³/mol. The Kier molecular flexibility index (Phi) is 17.6. The van der Waals surface area contributed by atoms with Crippen LogP contribution in [0.15, 0.2) is 97.2 Å². The van der Waals surface area contributed by atoms with Crippen molar-refractivity contribution in [3.8, 4) is 11.5 Å². The topological polar surface area (TPSA) is 289 Å². The minimum atomic E-state index is -4.65. The summed E-state index contributed by atoms with van der Waals surface area (Å²) in [4.78, 5) is 27.2. The third-order valence-corrected chi connectivity index (χ3v) is 13.4. The molecule has 0 bridgehead atoms. The van der Waals surface area contributed by atoms with Gasteiger partial charge in [0.2, 0.25) is 22.2 Å². The lowest BCUT2D eigenvalue weighted by Crippen LogP contribution is -2.21. The van der Waals surface area contributed by atoms with Crippen molar-refractivity contribution in [1.29, 1.82) is 0 Å². The van der Waals surface area contributed by atoms with Crippen LogP contribution in [-0.4, -0.2) is 108 Å². The van der Waals surface area contributed by atoms with Gasteiger partial charge >= 0.3 is 10.6 Å². The first-order chi connectivity index (χ1) is 32.7. The SMILES string of the molecule is CCN(CC)c1ccc(N=Nc2nc3ccc(OC)cc3s2)c(Nc2nc(Nc3cc(N(CC)CC)ccc3N=Nc3nc4ccc(OC)c(S(=O)(=O)O)c4s3)nc(SCCO)n2)c1.O=S(=O)=O. The van der Waals surface area contributed by atoms with Gasteiger partial charge < -0.3 is 35.0 Å². The number of methoxy groups -OCH3 is 2. The van der Waals surface area contributed by atoms with Crippen molar-refractivity contribution in [1.82, 2.24) is 24.9 Å². The molecule has 27 heteroatoms. The normalized spacial score (nSPS) is 11.5. The number of rotatable bonds is 20. The number of fused-ring (bicyclic) bond motifs is 2. The Labute approximate surface area is 404 Å². The zero-order valence-electron chi connectivity index (χ0n) is 37.3. The summed E-state index contributed by atoms with van der Waals surface area (Å²) >= 11 is 3.59. The summed E-state index contributed by atoms with van der Waals surface area (Å²) in [5.74, 6) is 1.40. The molecule has 0 atom stereocenters. The van der Waals surface area contributed by atoms with Crippen LogP contribution < -0.4 is 29.9 Å². The van der Waals surface area contributed by atoms with Gasteiger partial charge in [-0.3, -0.25) is 4.55 Å². The molecular weight excluding hydrogens is 979 g/mol. The van der Waals surface area contributed by atoms with Gasteiger partial charge in [-0.1, -0.05) is 34.4 Å². The number of hydrogen-bond acceptors (Lipinski definition) is 24. The molecule has 0 unspecified atom stereocenters. The number of aromatic nitrogens is 5. The van der Waals surface area contributed by atoms with Crippen LogP contribution in [-0.2, 0) is 20.7 Å². The number of hydrogen-bond donors (Lipinski definition) is 4. The van der Waals surface area contributed by atoms with E-state index in [0.717, 1.165) is 64.9 Å². The van der Waals surface area contributed by atoms with Gasteiger partial charge in [0.05, 0.1) is 52.6 Å². The quantitative estimate of drug-likeness (QED) is 0.0314. The van der Waals surface area contributed by atoms with Crippen LogP contribution in [0.2, 0.25) is 0 Å². The molecule has 0 amide bonds. The fourth-order valence-corrected chi connectivity index (χ4v) is 9.94. The molecule has 0 spiro atoms. The number of thiazole rings is 2. The zero-order valence-corrected chi connectivity index (χ0v) is 41.4. The molecule has 0 saturated heterocycles. The van der Waals surface area contributed by atoms with Gasteiger partial charge in [-0.15, -0.1) is 33.1 Å². The molecule has 0 fully saturated rings. The highest BCUT2D eigenvalue weighted by atomic mass is 32.2. The number of nitrogens with zero attached hydrogens (tertiary/aromatic N) is 11. The summed E-state index contributed by atoms with van der Waals surface area (Å²) in [6, 6.07) is 20.1. The average molecular weight is 1020 g/mol. The maximum Gasteiger partial charge on any atom is 0.425 e. The van der Waals surface area contributed by atoms with Crippen LogP contribution in [0.5, 0.6) is 11.5 Å². The highest BCUT2D eigenvalue weighted by Crippen LogP contribution is 2.41. The number of aliphatic hydroxyl groups is 1. The standard InChI is InChI=1S/C41H45N13O6S4.O3S/c1-7-53(8-2)24-11-14-27(49-51-40-44-29-16-13-26(59-5)23-34(29)62-40)31(21-24)42-37-46-38(48-39(47-37)61-20-19-55)43-32-22-25(54(9-3)10-4)12-15-28(32)50-52-41-45-30-17-18-33(60-6)36(35(30)63-41)64(56,57)58;1-4(2)3/h11-18,21-23,55H,7-10,19-20H2,1-6H3,(H,56,57,58)(H2,42,43,46,47,48);.